The van der Waals surface area contributed by atoms with Gasteiger partial charge in [-0.2, -0.15) is 0 Å². The largest absolute Gasteiger partial charge is 0.244 e. The molecule has 9 heavy (non-hydrogen) atoms. The van der Waals surface area contributed by atoms with E-state index in [1.54, 1.807) is 5.51 Å². The van der Waals surface area contributed by atoms with E-state index in [-0.39, 0.29) is 0 Å². The van der Waals surface area contributed by atoms with Crippen molar-refractivity contribution >= 4 is 29.0 Å². The van der Waals surface area contributed by atoms with Crippen LogP contribution in [0.4, 0.5) is 0 Å². The van der Waals surface area contributed by atoms with E-state index in [0.717, 1.165) is 10.0 Å². The Bertz CT molecular complexity index is 217. The summed E-state index contributed by atoms with van der Waals surface area (Å²) in [6.07, 6.45) is 3.81. The van der Waals surface area contributed by atoms with E-state index in [1.807, 2.05) is 19.1 Å². The molecule has 0 aliphatic rings. The average molecular weight is 160 g/mol. The SMILES string of the molecule is C/C=C/c1ncsc1Cl. The Balaban J connectivity index is 2.94. The summed E-state index contributed by atoms with van der Waals surface area (Å²) in [5.74, 6) is 0. The van der Waals surface area contributed by atoms with Gasteiger partial charge in [0.1, 0.15) is 4.34 Å². The molecule has 0 radical (unpaired) electrons. The monoisotopic (exact) mass is 159 g/mol. The molecule has 48 valence electrons. The van der Waals surface area contributed by atoms with Crippen molar-refractivity contribution in [3.63, 3.8) is 0 Å². The van der Waals surface area contributed by atoms with Crippen LogP contribution in [0.3, 0.4) is 0 Å². The molecule has 0 spiro atoms. The maximum atomic E-state index is 5.72. The number of halogens is 1. The molecule has 3 heteroatoms. The predicted octanol–water partition coefficient (Wildman–Crippen LogP) is 2.83. The molecule has 1 heterocycles. The van der Waals surface area contributed by atoms with Gasteiger partial charge in [0.2, 0.25) is 0 Å². The topological polar surface area (TPSA) is 12.9 Å². The third-order valence-corrected chi connectivity index (χ3v) is 1.96. The number of aromatic nitrogens is 1. The van der Waals surface area contributed by atoms with Gasteiger partial charge in [-0.15, -0.1) is 11.3 Å². The molecule has 0 aromatic carbocycles. The summed E-state index contributed by atoms with van der Waals surface area (Å²) < 4.78 is 0.758. The van der Waals surface area contributed by atoms with Crippen LogP contribution in [0, 0.1) is 0 Å². The van der Waals surface area contributed by atoms with Crippen molar-refractivity contribution in [2.45, 2.75) is 6.92 Å². The third-order valence-electron chi connectivity index (χ3n) is 0.874. The molecule has 1 rings (SSSR count). The van der Waals surface area contributed by atoms with E-state index >= 15 is 0 Å². The zero-order chi connectivity index (χ0) is 6.69. The zero-order valence-electron chi connectivity index (χ0n) is 4.97. The normalized spacial score (nSPS) is 10.9. The van der Waals surface area contributed by atoms with E-state index in [1.165, 1.54) is 11.3 Å². The van der Waals surface area contributed by atoms with Crippen molar-refractivity contribution in [3.8, 4) is 0 Å². The highest BCUT2D eigenvalue weighted by molar-refractivity contribution is 7.14. The van der Waals surface area contributed by atoms with Gasteiger partial charge in [-0.3, -0.25) is 0 Å². The second-order valence-electron chi connectivity index (χ2n) is 1.51. The van der Waals surface area contributed by atoms with Gasteiger partial charge in [-0.1, -0.05) is 17.7 Å². The highest BCUT2D eigenvalue weighted by Crippen LogP contribution is 2.20. The summed E-state index contributed by atoms with van der Waals surface area (Å²) in [6.45, 7) is 1.94. The van der Waals surface area contributed by atoms with Crippen LogP contribution in [0.5, 0.6) is 0 Å². The minimum absolute atomic E-state index is 0.758. The Morgan fingerprint density at radius 3 is 3.00 bits per heavy atom. The number of hydrogen-bond donors (Lipinski definition) is 0. The van der Waals surface area contributed by atoms with Crippen molar-refractivity contribution in [2.24, 2.45) is 0 Å². The van der Waals surface area contributed by atoms with Crippen LogP contribution in [0.25, 0.3) is 6.08 Å². The van der Waals surface area contributed by atoms with Gasteiger partial charge >= 0.3 is 0 Å². The number of thiazole rings is 1. The first-order valence-electron chi connectivity index (χ1n) is 2.56. The van der Waals surface area contributed by atoms with Crippen LogP contribution >= 0.6 is 22.9 Å². The molecule has 0 unspecified atom stereocenters. The van der Waals surface area contributed by atoms with Crippen LogP contribution in [0.15, 0.2) is 11.6 Å². The molecule has 1 aromatic rings. The van der Waals surface area contributed by atoms with Crippen molar-refractivity contribution in [2.75, 3.05) is 0 Å². The summed E-state index contributed by atoms with van der Waals surface area (Å²) in [4.78, 5) is 4.01. The average Bonchev–Trinajstić information content (AvgIpc) is 2.18. The third kappa shape index (κ3) is 1.53. The van der Waals surface area contributed by atoms with Crippen molar-refractivity contribution < 1.29 is 0 Å². The molecular formula is C6H6ClNS. The summed E-state index contributed by atoms with van der Waals surface area (Å²) in [6, 6.07) is 0. The molecule has 0 aliphatic carbocycles. The quantitative estimate of drug-likeness (QED) is 0.614. The highest BCUT2D eigenvalue weighted by atomic mass is 35.5. The minimum Gasteiger partial charge on any atom is -0.244 e. The lowest BCUT2D eigenvalue weighted by Gasteiger charge is -1.80. The minimum atomic E-state index is 0.758. The highest BCUT2D eigenvalue weighted by Gasteiger charge is 1.95. The molecule has 0 saturated carbocycles. The van der Waals surface area contributed by atoms with E-state index in [9.17, 15) is 0 Å². The van der Waals surface area contributed by atoms with Crippen LogP contribution in [0.1, 0.15) is 12.6 Å². The van der Waals surface area contributed by atoms with Crippen LogP contribution in [-0.4, -0.2) is 4.98 Å². The first kappa shape index (κ1) is 6.78. The van der Waals surface area contributed by atoms with Gasteiger partial charge in [-0.25, -0.2) is 4.98 Å². The Morgan fingerprint density at radius 1 is 1.78 bits per heavy atom. The molecule has 1 nitrogen and oxygen atoms in total. The molecule has 0 amide bonds. The fourth-order valence-electron chi connectivity index (χ4n) is 0.507. The molecule has 1 aromatic heterocycles. The lowest BCUT2D eigenvalue weighted by atomic mass is 10.4. The smallest absolute Gasteiger partial charge is 0.120 e. The lowest BCUT2D eigenvalue weighted by Crippen LogP contribution is -1.66. The summed E-state index contributed by atoms with van der Waals surface area (Å²) in [7, 11) is 0. The number of allylic oxidation sites excluding steroid dienone is 1. The maximum absolute atomic E-state index is 5.72. The summed E-state index contributed by atoms with van der Waals surface area (Å²) in [5.41, 5.74) is 2.60. The Hall–Kier alpha value is -0.340. The van der Waals surface area contributed by atoms with E-state index < -0.39 is 0 Å². The van der Waals surface area contributed by atoms with Crippen molar-refractivity contribution in [1.29, 1.82) is 0 Å². The van der Waals surface area contributed by atoms with Crippen LogP contribution < -0.4 is 0 Å². The van der Waals surface area contributed by atoms with Crippen molar-refractivity contribution in [1.82, 2.24) is 4.98 Å². The van der Waals surface area contributed by atoms with Crippen LogP contribution in [0.2, 0.25) is 4.34 Å². The second kappa shape index (κ2) is 2.99. The lowest BCUT2D eigenvalue weighted by molar-refractivity contribution is 1.38. The zero-order valence-corrected chi connectivity index (χ0v) is 6.54. The van der Waals surface area contributed by atoms with Gasteiger partial charge in [0.15, 0.2) is 0 Å². The molecule has 0 atom stereocenters. The van der Waals surface area contributed by atoms with Crippen molar-refractivity contribution in [3.05, 3.63) is 21.6 Å². The van der Waals surface area contributed by atoms with E-state index in [4.69, 9.17) is 11.6 Å². The Labute approximate surface area is 63.0 Å². The number of rotatable bonds is 1. The van der Waals surface area contributed by atoms with Crippen LogP contribution in [-0.2, 0) is 0 Å². The Kier molecular flexibility index (Phi) is 2.25. The first-order valence-corrected chi connectivity index (χ1v) is 3.82. The second-order valence-corrected chi connectivity index (χ2v) is 2.97. The maximum Gasteiger partial charge on any atom is 0.120 e. The van der Waals surface area contributed by atoms with Gasteiger partial charge in [-0.05, 0) is 13.0 Å². The molecule has 0 aliphatic heterocycles. The number of nitrogens with zero attached hydrogens (tertiary/aromatic N) is 1. The molecule has 0 fully saturated rings. The van der Waals surface area contributed by atoms with Gasteiger partial charge in [0.05, 0.1) is 11.2 Å². The number of hydrogen-bond acceptors (Lipinski definition) is 2. The standard InChI is InChI=1S/C6H6ClNS/c1-2-3-5-6(7)9-4-8-5/h2-4H,1H3/b3-2+. The summed E-state index contributed by atoms with van der Waals surface area (Å²) >= 11 is 7.17. The van der Waals surface area contributed by atoms with Gasteiger partial charge in [0.25, 0.3) is 0 Å². The first-order chi connectivity index (χ1) is 4.34. The fourth-order valence-corrected chi connectivity index (χ4v) is 1.24. The molecular weight excluding hydrogens is 154 g/mol. The fraction of sp³-hybridized carbons (Fsp3) is 0.167. The van der Waals surface area contributed by atoms with Gasteiger partial charge in [0, 0.05) is 0 Å². The summed E-state index contributed by atoms with van der Waals surface area (Å²) in [5, 5.41) is 0. The van der Waals surface area contributed by atoms with E-state index in [2.05, 4.69) is 4.98 Å². The van der Waals surface area contributed by atoms with Gasteiger partial charge < -0.3 is 0 Å². The predicted molar refractivity (Wildman–Crippen MR) is 41.8 cm³/mol. The van der Waals surface area contributed by atoms with E-state index in [0.29, 0.717) is 0 Å². The molecule has 0 bridgehead atoms. The Morgan fingerprint density at radius 2 is 2.56 bits per heavy atom. The molecule has 0 N–H and O–H groups in total. The molecule has 0 saturated heterocycles.